The Morgan fingerprint density at radius 3 is 2.60 bits per heavy atom. The minimum atomic E-state index is -0.953. The van der Waals surface area contributed by atoms with Crippen LogP contribution in [0.5, 0.6) is 0 Å². The molecule has 0 saturated carbocycles. The summed E-state index contributed by atoms with van der Waals surface area (Å²) in [5.41, 5.74) is 0.0532. The lowest BCUT2D eigenvalue weighted by Gasteiger charge is -2.35. The van der Waals surface area contributed by atoms with E-state index in [1.54, 1.807) is 0 Å². The maximum atomic E-state index is 13.6. The second-order valence-corrected chi connectivity index (χ2v) is 7.35. The molecule has 112 valence electrons. The van der Waals surface area contributed by atoms with Gasteiger partial charge in [0.05, 0.1) is 6.10 Å². The summed E-state index contributed by atoms with van der Waals surface area (Å²) in [6.07, 6.45) is -0.532. The van der Waals surface area contributed by atoms with E-state index in [2.05, 4.69) is 18.7 Å². The van der Waals surface area contributed by atoms with Gasteiger partial charge in [0.25, 0.3) is 0 Å². The van der Waals surface area contributed by atoms with Gasteiger partial charge < -0.3 is 10.0 Å². The number of thioether (sulfide) groups is 1. The first-order valence-corrected chi connectivity index (χ1v) is 7.91. The van der Waals surface area contributed by atoms with Crippen LogP contribution in [0.25, 0.3) is 0 Å². The standard InChI is InChI=1S/C15H21F2NOS/c1-10-8-18(9-11(2)20-10)7-6-14(19)12-4-3-5-13(16)15(12)17/h3-5,10-11,14,19H,6-9H2,1-2H3. The van der Waals surface area contributed by atoms with Gasteiger partial charge in [0, 0.05) is 35.7 Å². The van der Waals surface area contributed by atoms with E-state index in [0.29, 0.717) is 23.5 Å². The summed E-state index contributed by atoms with van der Waals surface area (Å²) >= 11 is 1.97. The molecule has 0 bridgehead atoms. The normalized spacial score (nSPS) is 25.6. The molecule has 1 aliphatic rings. The number of aliphatic hydroxyl groups is 1. The number of halogens is 2. The number of benzene rings is 1. The van der Waals surface area contributed by atoms with E-state index in [1.165, 1.54) is 12.1 Å². The predicted octanol–water partition coefficient (Wildman–Crippen LogP) is 3.21. The van der Waals surface area contributed by atoms with E-state index in [1.807, 2.05) is 11.8 Å². The summed E-state index contributed by atoms with van der Waals surface area (Å²) in [5, 5.41) is 11.2. The molecule has 3 unspecified atom stereocenters. The van der Waals surface area contributed by atoms with Gasteiger partial charge in [0.1, 0.15) is 0 Å². The highest BCUT2D eigenvalue weighted by molar-refractivity contribution is 8.00. The van der Waals surface area contributed by atoms with Crippen molar-refractivity contribution < 1.29 is 13.9 Å². The lowest BCUT2D eigenvalue weighted by atomic mass is 10.1. The zero-order valence-corrected chi connectivity index (χ0v) is 12.7. The van der Waals surface area contributed by atoms with E-state index in [0.717, 1.165) is 19.2 Å². The third-order valence-corrected chi connectivity index (χ3v) is 4.78. The predicted molar refractivity (Wildman–Crippen MR) is 78.9 cm³/mol. The van der Waals surface area contributed by atoms with E-state index >= 15 is 0 Å². The van der Waals surface area contributed by atoms with Crippen LogP contribution < -0.4 is 0 Å². The lowest BCUT2D eigenvalue weighted by Crippen LogP contribution is -2.41. The molecule has 1 fully saturated rings. The Balaban J connectivity index is 1.91. The largest absolute Gasteiger partial charge is 0.388 e. The van der Waals surface area contributed by atoms with Gasteiger partial charge in [0.2, 0.25) is 0 Å². The zero-order valence-electron chi connectivity index (χ0n) is 11.9. The maximum absolute atomic E-state index is 13.6. The fourth-order valence-corrected chi connectivity index (χ4v) is 4.09. The molecule has 1 aliphatic heterocycles. The Morgan fingerprint density at radius 2 is 1.95 bits per heavy atom. The first-order chi connectivity index (χ1) is 9.47. The second kappa shape index (κ2) is 6.87. The van der Waals surface area contributed by atoms with E-state index < -0.39 is 17.7 Å². The fraction of sp³-hybridized carbons (Fsp3) is 0.600. The summed E-state index contributed by atoms with van der Waals surface area (Å²) in [6.45, 7) is 7.04. The molecule has 1 heterocycles. The average Bonchev–Trinajstić information content (AvgIpc) is 2.38. The molecular formula is C15H21F2NOS. The van der Waals surface area contributed by atoms with Crippen molar-refractivity contribution in [3.8, 4) is 0 Å². The van der Waals surface area contributed by atoms with Crippen molar-refractivity contribution in [1.82, 2.24) is 4.90 Å². The lowest BCUT2D eigenvalue weighted by molar-refractivity contribution is 0.137. The highest BCUT2D eigenvalue weighted by Crippen LogP contribution is 2.26. The summed E-state index contributed by atoms with van der Waals surface area (Å²) in [5.74, 6) is -1.84. The average molecular weight is 301 g/mol. The highest BCUT2D eigenvalue weighted by Gasteiger charge is 2.23. The molecule has 1 N–H and O–H groups in total. The first-order valence-electron chi connectivity index (χ1n) is 6.97. The molecule has 0 radical (unpaired) electrons. The van der Waals surface area contributed by atoms with Crippen LogP contribution in [0.3, 0.4) is 0 Å². The van der Waals surface area contributed by atoms with Gasteiger partial charge in [-0.1, -0.05) is 26.0 Å². The van der Waals surface area contributed by atoms with Crippen LogP contribution in [0, 0.1) is 11.6 Å². The van der Waals surface area contributed by atoms with Crippen LogP contribution in [0.4, 0.5) is 8.78 Å². The quantitative estimate of drug-likeness (QED) is 0.924. The molecule has 0 aromatic heterocycles. The minimum absolute atomic E-state index is 0.0532. The van der Waals surface area contributed by atoms with Gasteiger partial charge in [-0.2, -0.15) is 11.8 Å². The van der Waals surface area contributed by atoms with Gasteiger partial charge >= 0.3 is 0 Å². The monoisotopic (exact) mass is 301 g/mol. The van der Waals surface area contributed by atoms with Gasteiger partial charge in [0.15, 0.2) is 11.6 Å². The molecule has 5 heteroatoms. The molecule has 2 rings (SSSR count). The van der Waals surface area contributed by atoms with Crippen molar-refractivity contribution in [2.45, 2.75) is 36.9 Å². The Kier molecular flexibility index (Phi) is 5.41. The van der Waals surface area contributed by atoms with Gasteiger partial charge in [-0.05, 0) is 12.5 Å². The van der Waals surface area contributed by atoms with E-state index in [-0.39, 0.29) is 5.56 Å². The minimum Gasteiger partial charge on any atom is -0.388 e. The Bertz CT molecular complexity index is 447. The van der Waals surface area contributed by atoms with Gasteiger partial charge in [-0.25, -0.2) is 8.78 Å². The maximum Gasteiger partial charge on any atom is 0.164 e. The summed E-state index contributed by atoms with van der Waals surface area (Å²) in [6, 6.07) is 3.94. The van der Waals surface area contributed by atoms with Crippen LogP contribution >= 0.6 is 11.8 Å². The Morgan fingerprint density at radius 1 is 1.30 bits per heavy atom. The van der Waals surface area contributed by atoms with Crippen molar-refractivity contribution in [3.63, 3.8) is 0 Å². The molecule has 0 spiro atoms. The molecule has 20 heavy (non-hydrogen) atoms. The van der Waals surface area contributed by atoms with Gasteiger partial charge in [-0.15, -0.1) is 0 Å². The van der Waals surface area contributed by atoms with E-state index in [9.17, 15) is 13.9 Å². The number of hydrogen-bond donors (Lipinski definition) is 1. The smallest absolute Gasteiger partial charge is 0.164 e. The number of rotatable bonds is 4. The molecule has 1 aromatic rings. The fourth-order valence-electron chi connectivity index (χ4n) is 2.71. The van der Waals surface area contributed by atoms with Crippen molar-refractivity contribution >= 4 is 11.8 Å². The molecule has 0 aliphatic carbocycles. The van der Waals surface area contributed by atoms with Crippen LogP contribution in [-0.2, 0) is 0 Å². The molecule has 3 atom stereocenters. The SMILES string of the molecule is CC1CN(CCC(O)c2cccc(F)c2F)CC(C)S1. The zero-order chi connectivity index (χ0) is 14.7. The van der Waals surface area contributed by atoms with Crippen molar-refractivity contribution in [2.75, 3.05) is 19.6 Å². The molecule has 1 saturated heterocycles. The van der Waals surface area contributed by atoms with Crippen molar-refractivity contribution in [3.05, 3.63) is 35.4 Å². The van der Waals surface area contributed by atoms with Crippen LogP contribution in [-0.4, -0.2) is 40.1 Å². The number of nitrogens with zero attached hydrogens (tertiary/aromatic N) is 1. The van der Waals surface area contributed by atoms with Crippen molar-refractivity contribution in [2.24, 2.45) is 0 Å². The Labute approximate surface area is 123 Å². The third kappa shape index (κ3) is 3.93. The summed E-state index contributed by atoms with van der Waals surface area (Å²) < 4.78 is 26.7. The number of hydrogen-bond acceptors (Lipinski definition) is 3. The molecule has 2 nitrogen and oxygen atoms in total. The first kappa shape index (κ1) is 15.7. The Hall–Kier alpha value is -0.650. The van der Waals surface area contributed by atoms with Crippen LogP contribution in [0.15, 0.2) is 18.2 Å². The molecular weight excluding hydrogens is 280 g/mol. The van der Waals surface area contributed by atoms with E-state index in [4.69, 9.17) is 0 Å². The summed E-state index contributed by atoms with van der Waals surface area (Å²) in [7, 11) is 0. The van der Waals surface area contributed by atoms with Crippen LogP contribution in [0.1, 0.15) is 31.9 Å². The topological polar surface area (TPSA) is 23.5 Å². The molecule has 0 amide bonds. The second-order valence-electron chi connectivity index (χ2n) is 5.46. The highest BCUT2D eigenvalue weighted by atomic mass is 32.2. The number of aliphatic hydroxyl groups excluding tert-OH is 1. The van der Waals surface area contributed by atoms with Crippen LogP contribution in [0.2, 0.25) is 0 Å². The van der Waals surface area contributed by atoms with Crippen molar-refractivity contribution in [1.29, 1.82) is 0 Å². The molecule has 1 aromatic carbocycles. The van der Waals surface area contributed by atoms with Gasteiger partial charge in [-0.3, -0.25) is 0 Å². The summed E-state index contributed by atoms with van der Waals surface area (Å²) in [4.78, 5) is 2.28. The third-order valence-electron chi connectivity index (χ3n) is 3.55.